The van der Waals surface area contributed by atoms with E-state index in [1.54, 1.807) is 0 Å². The Labute approximate surface area is 159 Å². The molecule has 0 radical (unpaired) electrons. The largest absolute Gasteiger partial charge is 0.477 e. The zero-order valence-corrected chi connectivity index (χ0v) is 15.5. The third-order valence-corrected chi connectivity index (χ3v) is 5.29. The van der Waals surface area contributed by atoms with Gasteiger partial charge in [-0.3, -0.25) is 9.59 Å². The molecular formula is C23H23NO3. The number of carbonyl (C=O) groups is 2. The zero-order valence-electron chi connectivity index (χ0n) is 15.5. The van der Waals surface area contributed by atoms with Crippen LogP contribution in [0.2, 0.25) is 0 Å². The first-order valence-corrected chi connectivity index (χ1v) is 9.40. The van der Waals surface area contributed by atoms with Crippen LogP contribution >= 0.6 is 0 Å². The maximum Gasteiger partial charge on any atom is 0.204 e. The van der Waals surface area contributed by atoms with Crippen LogP contribution in [0.25, 0.3) is 0 Å². The van der Waals surface area contributed by atoms with Crippen molar-refractivity contribution in [2.75, 3.05) is 13.2 Å². The Morgan fingerprint density at radius 2 is 1.63 bits per heavy atom. The number of nitrogens with zero attached hydrogens (tertiary/aromatic N) is 1. The molecule has 0 amide bonds. The Morgan fingerprint density at radius 3 is 2.30 bits per heavy atom. The Bertz CT molecular complexity index is 864. The second-order valence-electron chi connectivity index (χ2n) is 7.30. The summed E-state index contributed by atoms with van der Waals surface area (Å²) in [6.45, 7) is 3.87. The average molecular weight is 361 g/mol. The molecule has 1 aliphatic carbocycles. The molecule has 0 atom stereocenters. The molecule has 0 unspecified atom stereocenters. The lowest BCUT2D eigenvalue weighted by Crippen LogP contribution is -2.30. The molecule has 0 bridgehead atoms. The maximum absolute atomic E-state index is 12.9. The standard InChI is InChI=1S/C23H23NO3/c1-16-7-9-18(10-8-16)19-13-20(25)22(21(26)14-19)23-24(11-12-27-23)15-17-5-3-2-4-6-17/h2-10,19H,11-15H2,1H3. The Kier molecular flexibility index (Phi) is 4.80. The van der Waals surface area contributed by atoms with Crippen LogP contribution in [0.1, 0.15) is 35.4 Å². The summed E-state index contributed by atoms with van der Waals surface area (Å²) in [5.41, 5.74) is 3.62. The van der Waals surface area contributed by atoms with E-state index < -0.39 is 0 Å². The van der Waals surface area contributed by atoms with E-state index in [2.05, 4.69) is 0 Å². The van der Waals surface area contributed by atoms with Gasteiger partial charge in [0.2, 0.25) is 5.88 Å². The van der Waals surface area contributed by atoms with Gasteiger partial charge in [0.25, 0.3) is 0 Å². The van der Waals surface area contributed by atoms with Crippen molar-refractivity contribution in [3.8, 4) is 0 Å². The summed E-state index contributed by atoms with van der Waals surface area (Å²) in [5.74, 6) is 0.216. The number of ketones is 2. The first kappa shape index (κ1) is 17.5. The van der Waals surface area contributed by atoms with Gasteiger partial charge in [-0.05, 0) is 24.0 Å². The second kappa shape index (κ2) is 7.39. The quantitative estimate of drug-likeness (QED) is 0.617. The van der Waals surface area contributed by atoms with E-state index >= 15 is 0 Å². The molecular weight excluding hydrogens is 338 g/mol. The van der Waals surface area contributed by atoms with E-state index in [4.69, 9.17) is 4.74 Å². The Balaban J connectivity index is 1.57. The van der Waals surface area contributed by atoms with Crippen molar-refractivity contribution >= 4 is 11.6 Å². The van der Waals surface area contributed by atoms with Gasteiger partial charge in [-0.1, -0.05) is 60.2 Å². The zero-order chi connectivity index (χ0) is 18.8. The minimum absolute atomic E-state index is 0.0427. The number of benzene rings is 2. The summed E-state index contributed by atoms with van der Waals surface area (Å²) in [5, 5.41) is 0. The van der Waals surface area contributed by atoms with Gasteiger partial charge < -0.3 is 9.64 Å². The van der Waals surface area contributed by atoms with Gasteiger partial charge in [0.1, 0.15) is 12.2 Å². The average Bonchev–Trinajstić information content (AvgIpc) is 3.10. The summed E-state index contributed by atoms with van der Waals surface area (Å²) in [6, 6.07) is 18.1. The summed E-state index contributed by atoms with van der Waals surface area (Å²) in [7, 11) is 0. The van der Waals surface area contributed by atoms with Crippen molar-refractivity contribution in [2.45, 2.75) is 32.2 Å². The first-order chi connectivity index (χ1) is 13.1. The van der Waals surface area contributed by atoms with Crippen LogP contribution in [0, 0.1) is 6.92 Å². The predicted octanol–water partition coefficient (Wildman–Crippen LogP) is 3.75. The van der Waals surface area contributed by atoms with Crippen molar-refractivity contribution in [3.63, 3.8) is 0 Å². The molecule has 2 aromatic carbocycles. The third kappa shape index (κ3) is 3.65. The fourth-order valence-corrected chi connectivity index (χ4v) is 3.82. The summed E-state index contributed by atoms with van der Waals surface area (Å²) >= 11 is 0. The summed E-state index contributed by atoms with van der Waals surface area (Å²) in [4.78, 5) is 27.7. The van der Waals surface area contributed by atoms with Crippen LogP contribution in [-0.2, 0) is 20.9 Å². The smallest absolute Gasteiger partial charge is 0.204 e. The molecule has 2 aromatic rings. The minimum Gasteiger partial charge on any atom is -0.477 e. The minimum atomic E-state index is -0.105. The molecule has 4 nitrogen and oxygen atoms in total. The molecule has 2 aliphatic rings. The van der Waals surface area contributed by atoms with Crippen LogP contribution < -0.4 is 0 Å². The molecule has 1 saturated carbocycles. The summed E-state index contributed by atoms with van der Waals surface area (Å²) < 4.78 is 5.74. The lowest BCUT2D eigenvalue weighted by atomic mass is 9.80. The topological polar surface area (TPSA) is 46.6 Å². The van der Waals surface area contributed by atoms with Crippen molar-refractivity contribution < 1.29 is 14.3 Å². The van der Waals surface area contributed by atoms with Crippen LogP contribution in [0.5, 0.6) is 0 Å². The molecule has 4 heteroatoms. The number of allylic oxidation sites excluding steroid dienone is 1. The fraction of sp³-hybridized carbons (Fsp3) is 0.304. The van der Waals surface area contributed by atoms with Crippen LogP contribution in [0.15, 0.2) is 66.1 Å². The van der Waals surface area contributed by atoms with Crippen molar-refractivity contribution in [1.29, 1.82) is 0 Å². The van der Waals surface area contributed by atoms with Gasteiger partial charge in [0.15, 0.2) is 11.6 Å². The highest BCUT2D eigenvalue weighted by Crippen LogP contribution is 2.34. The van der Waals surface area contributed by atoms with Gasteiger partial charge in [-0.25, -0.2) is 0 Å². The number of aryl methyl sites for hydroxylation is 1. The van der Waals surface area contributed by atoms with E-state index in [0.29, 0.717) is 38.4 Å². The highest BCUT2D eigenvalue weighted by atomic mass is 16.5. The van der Waals surface area contributed by atoms with E-state index in [1.165, 1.54) is 5.56 Å². The van der Waals surface area contributed by atoms with Gasteiger partial charge >= 0.3 is 0 Å². The van der Waals surface area contributed by atoms with Crippen LogP contribution in [-0.4, -0.2) is 29.6 Å². The number of hydrogen-bond donors (Lipinski definition) is 0. The first-order valence-electron chi connectivity index (χ1n) is 9.40. The number of Topliss-reactive ketones (excluding diaryl/α,β-unsaturated/α-hetero) is 2. The fourth-order valence-electron chi connectivity index (χ4n) is 3.82. The number of carbonyl (C=O) groups excluding carboxylic acids is 2. The van der Waals surface area contributed by atoms with Gasteiger partial charge in [0, 0.05) is 19.4 Å². The Morgan fingerprint density at radius 1 is 0.963 bits per heavy atom. The highest BCUT2D eigenvalue weighted by molar-refractivity contribution is 6.22. The SMILES string of the molecule is Cc1ccc(C2CC(=O)C(=C3OCCN3Cc3ccccc3)C(=O)C2)cc1. The maximum atomic E-state index is 12.9. The van der Waals surface area contributed by atoms with Crippen LogP contribution in [0.4, 0.5) is 0 Å². The van der Waals surface area contributed by atoms with Gasteiger partial charge in [-0.2, -0.15) is 0 Å². The van der Waals surface area contributed by atoms with Crippen molar-refractivity contribution in [1.82, 2.24) is 4.90 Å². The molecule has 27 heavy (non-hydrogen) atoms. The summed E-state index contributed by atoms with van der Waals surface area (Å²) in [6.07, 6.45) is 0.715. The molecule has 4 rings (SSSR count). The van der Waals surface area contributed by atoms with Crippen LogP contribution in [0.3, 0.4) is 0 Å². The molecule has 1 aliphatic heterocycles. The highest BCUT2D eigenvalue weighted by Gasteiger charge is 2.37. The molecule has 138 valence electrons. The molecule has 2 fully saturated rings. The van der Waals surface area contributed by atoms with E-state index in [0.717, 1.165) is 11.1 Å². The van der Waals surface area contributed by atoms with Crippen molar-refractivity contribution in [3.05, 3.63) is 82.7 Å². The lowest BCUT2D eigenvalue weighted by molar-refractivity contribution is -0.125. The monoisotopic (exact) mass is 361 g/mol. The van der Waals surface area contributed by atoms with E-state index in [9.17, 15) is 9.59 Å². The predicted molar refractivity (Wildman–Crippen MR) is 103 cm³/mol. The molecule has 1 saturated heterocycles. The number of ether oxygens (including phenoxy) is 1. The molecule has 0 aromatic heterocycles. The van der Waals surface area contributed by atoms with E-state index in [1.807, 2.05) is 66.4 Å². The number of rotatable bonds is 3. The van der Waals surface area contributed by atoms with Gasteiger partial charge in [0.05, 0.1) is 6.54 Å². The second-order valence-corrected chi connectivity index (χ2v) is 7.30. The Hall–Kier alpha value is -2.88. The van der Waals surface area contributed by atoms with Crippen molar-refractivity contribution in [2.24, 2.45) is 0 Å². The normalized spacial score (nSPS) is 20.2. The lowest BCUT2D eigenvalue weighted by Gasteiger charge is -2.26. The molecule has 0 N–H and O–H groups in total. The third-order valence-electron chi connectivity index (χ3n) is 5.29. The molecule has 0 spiro atoms. The van der Waals surface area contributed by atoms with E-state index in [-0.39, 0.29) is 23.1 Å². The number of hydrogen-bond acceptors (Lipinski definition) is 4. The molecule has 1 heterocycles. The van der Waals surface area contributed by atoms with Gasteiger partial charge in [-0.15, -0.1) is 0 Å².